The minimum absolute atomic E-state index is 0.101. The molecule has 4 rings (SSSR count). The topological polar surface area (TPSA) is 48.5 Å². The van der Waals surface area contributed by atoms with Gasteiger partial charge in [-0.05, 0) is 42.4 Å². The van der Waals surface area contributed by atoms with E-state index >= 15 is 0 Å². The number of amides is 1. The molecule has 0 aliphatic carbocycles. The van der Waals surface area contributed by atoms with Gasteiger partial charge >= 0.3 is 0 Å². The van der Waals surface area contributed by atoms with E-state index in [1.807, 2.05) is 36.4 Å². The molecule has 1 fully saturated rings. The van der Waals surface area contributed by atoms with Gasteiger partial charge in [0.2, 0.25) is 0 Å². The number of piperazine rings is 1. The van der Waals surface area contributed by atoms with Crippen LogP contribution in [0.4, 0.5) is 0 Å². The van der Waals surface area contributed by atoms with Crippen LogP contribution >= 0.6 is 11.8 Å². The van der Waals surface area contributed by atoms with Crippen molar-refractivity contribution in [1.29, 1.82) is 0 Å². The molecule has 0 spiro atoms. The third-order valence-electron chi connectivity index (χ3n) is 5.42. The molecule has 1 aliphatic heterocycles. The number of hydrogen-bond acceptors (Lipinski definition) is 5. The van der Waals surface area contributed by atoms with E-state index in [9.17, 15) is 4.79 Å². The number of likely N-dealkylation sites (N-methyl/N-ethyl adjacent to an activating group) is 1. The first-order chi connectivity index (χ1) is 15.2. The average Bonchev–Trinajstić information content (AvgIpc) is 2.80. The second-order valence-electron chi connectivity index (χ2n) is 7.85. The Labute approximate surface area is 188 Å². The highest BCUT2D eigenvalue weighted by atomic mass is 32.2. The summed E-state index contributed by atoms with van der Waals surface area (Å²) in [4.78, 5) is 23.2. The quantitative estimate of drug-likeness (QED) is 0.613. The standard InChI is InChI=1S/C25H28N4OS/c1-28-13-15-29(16-14-28)19-21-8-5-7-20(17-21)18-27-24(30)23-11-6-12-26-25(23)31-22-9-3-2-4-10-22/h2-12,17H,13-16,18-19H2,1H3,(H,27,30). The van der Waals surface area contributed by atoms with Gasteiger partial charge in [0.15, 0.2) is 0 Å². The summed E-state index contributed by atoms with van der Waals surface area (Å²) < 4.78 is 0. The van der Waals surface area contributed by atoms with Crippen molar-refractivity contribution in [2.24, 2.45) is 0 Å². The van der Waals surface area contributed by atoms with Gasteiger partial charge in [-0.25, -0.2) is 4.98 Å². The van der Waals surface area contributed by atoms with Crippen LogP contribution in [0, 0.1) is 0 Å². The van der Waals surface area contributed by atoms with Crippen molar-refractivity contribution < 1.29 is 4.79 Å². The number of rotatable bonds is 7. The maximum atomic E-state index is 12.9. The lowest BCUT2D eigenvalue weighted by Gasteiger charge is -2.32. The predicted molar refractivity (Wildman–Crippen MR) is 125 cm³/mol. The van der Waals surface area contributed by atoms with Crippen LogP contribution in [0.25, 0.3) is 0 Å². The molecule has 6 heteroatoms. The SMILES string of the molecule is CN1CCN(Cc2cccc(CNC(=O)c3cccnc3Sc3ccccc3)c2)CC1. The van der Waals surface area contributed by atoms with Crippen LogP contribution in [0.5, 0.6) is 0 Å². The van der Waals surface area contributed by atoms with Crippen LogP contribution in [0.15, 0.2) is 82.8 Å². The number of hydrogen-bond donors (Lipinski definition) is 1. The van der Waals surface area contributed by atoms with Gasteiger partial charge in [0.1, 0.15) is 5.03 Å². The van der Waals surface area contributed by atoms with Gasteiger partial charge in [-0.3, -0.25) is 9.69 Å². The molecule has 0 bridgehead atoms. The molecule has 1 N–H and O–H groups in total. The van der Waals surface area contributed by atoms with Crippen molar-refractivity contribution in [3.63, 3.8) is 0 Å². The number of carbonyl (C=O) groups is 1. The summed E-state index contributed by atoms with van der Waals surface area (Å²) in [6.07, 6.45) is 1.73. The Morgan fingerprint density at radius 2 is 1.74 bits per heavy atom. The van der Waals surface area contributed by atoms with Gasteiger partial charge in [-0.1, -0.05) is 54.2 Å². The molecule has 160 valence electrons. The van der Waals surface area contributed by atoms with Gasteiger partial charge in [-0.15, -0.1) is 0 Å². The Morgan fingerprint density at radius 1 is 0.968 bits per heavy atom. The highest BCUT2D eigenvalue weighted by Gasteiger charge is 2.15. The fraction of sp³-hybridized carbons (Fsp3) is 0.280. The lowest BCUT2D eigenvalue weighted by Crippen LogP contribution is -2.43. The van der Waals surface area contributed by atoms with Crippen molar-refractivity contribution in [2.75, 3.05) is 33.2 Å². The lowest BCUT2D eigenvalue weighted by molar-refractivity contribution is 0.0947. The van der Waals surface area contributed by atoms with Crippen LogP contribution in [-0.4, -0.2) is 53.9 Å². The zero-order valence-electron chi connectivity index (χ0n) is 17.8. The molecular weight excluding hydrogens is 404 g/mol. The Hall–Kier alpha value is -2.67. The van der Waals surface area contributed by atoms with Gasteiger partial charge in [-0.2, -0.15) is 0 Å². The summed E-state index contributed by atoms with van der Waals surface area (Å²) in [5, 5.41) is 3.78. The Bertz CT molecular complexity index is 1000. The van der Waals surface area contributed by atoms with Crippen LogP contribution in [0.3, 0.4) is 0 Å². The first-order valence-electron chi connectivity index (χ1n) is 10.6. The first kappa shape index (κ1) is 21.6. The van der Waals surface area contributed by atoms with Crippen molar-refractivity contribution in [3.05, 3.63) is 89.6 Å². The number of pyridine rings is 1. The number of carbonyl (C=O) groups excluding carboxylic acids is 1. The maximum absolute atomic E-state index is 12.9. The molecule has 1 aromatic heterocycles. The summed E-state index contributed by atoms with van der Waals surface area (Å²) >= 11 is 1.51. The van der Waals surface area contributed by atoms with Crippen molar-refractivity contribution >= 4 is 17.7 Å². The summed E-state index contributed by atoms with van der Waals surface area (Å²) in [6, 6.07) is 22.1. The molecule has 5 nitrogen and oxygen atoms in total. The fourth-order valence-corrected chi connectivity index (χ4v) is 4.53. The Kier molecular flexibility index (Phi) is 7.35. The van der Waals surface area contributed by atoms with E-state index in [-0.39, 0.29) is 5.91 Å². The van der Waals surface area contributed by atoms with E-state index in [4.69, 9.17) is 0 Å². The summed E-state index contributed by atoms with van der Waals surface area (Å²) in [5.41, 5.74) is 3.00. The van der Waals surface area contributed by atoms with E-state index in [0.29, 0.717) is 12.1 Å². The molecule has 0 radical (unpaired) electrons. The highest BCUT2D eigenvalue weighted by molar-refractivity contribution is 7.99. The summed E-state index contributed by atoms with van der Waals surface area (Å²) in [5.74, 6) is -0.101. The van der Waals surface area contributed by atoms with Gasteiger partial charge in [0.05, 0.1) is 5.56 Å². The monoisotopic (exact) mass is 432 g/mol. The zero-order valence-corrected chi connectivity index (χ0v) is 18.6. The van der Waals surface area contributed by atoms with Gasteiger partial charge in [0, 0.05) is 50.4 Å². The van der Waals surface area contributed by atoms with Crippen LogP contribution in [-0.2, 0) is 13.1 Å². The van der Waals surface area contributed by atoms with Crippen molar-refractivity contribution in [1.82, 2.24) is 20.1 Å². The minimum Gasteiger partial charge on any atom is -0.348 e. The Morgan fingerprint density at radius 3 is 2.55 bits per heavy atom. The largest absolute Gasteiger partial charge is 0.348 e. The molecule has 1 amide bonds. The smallest absolute Gasteiger partial charge is 0.254 e. The minimum atomic E-state index is -0.101. The number of benzene rings is 2. The normalized spacial score (nSPS) is 15.0. The van der Waals surface area contributed by atoms with Gasteiger partial charge in [0.25, 0.3) is 5.91 Å². The number of aromatic nitrogens is 1. The molecule has 3 aromatic rings. The van der Waals surface area contributed by atoms with Crippen LogP contribution in [0.1, 0.15) is 21.5 Å². The predicted octanol–water partition coefficient (Wildman–Crippen LogP) is 3.91. The van der Waals surface area contributed by atoms with E-state index in [1.54, 1.807) is 12.3 Å². The van der Waals surface area contributed by atoms with Crippen LogP contribution < -0.4 is 5.32 Å². The van der Waals surface area contributed by atoms with E-state index in [1.165, 1.54) is 17.3 Å². The Balaban J connectivity index is 1.37. The molecule has 2 aromatic carbocycles. The van der Waals surface area contributed by atoms with E-state index < -0.39 is 0 Å². The molecule has 1 saturated heterocycles. The molecule has 0 atom stereocenters. The summed E-state index contributed by atoms with van der Waals surface area (Å²) in [7, 11) is 2.17. The number of nitrogens with one attached hydrogen (secondary N) is 1. The molecule has 31 heavy (non-hydrogen) atoms. The number of nitrogens with zero attached hydrogens (tertiary/aromatic N) is 3. The second kappa shape index (κ2) is 10.6. The zero-order chi connectivity index (χ0) is 21.5. The second-order valence-corrected chi connectivity index (χ2v) is 8.92. The lowest BCUT2D eigenvalue weighted by atomic mass is 10.1. The molecular formula is C25H28N4OS. The fourth-order valence-electron chi connectivity index (χ4n) is 3.62. The van der Waals surface area contributed by atoms with E-state index in [0.717, 1.165) is 48.2 Å². The molecule has 0 unspecified atom stereocenters. The highest BCUT2D eigenvalue weighted by Crippen LogP contribution is 2.28. The van der Waals surface area contributed by atoms with Crippen molar-refractivity contribution in [3.8, 4) is 0 Å². The maximum Gasteiger partial charge on any atom is 0.254 e. The van der Waals surface area contributed by atoms with Crippen LogP contribution in [0.2, 0.25) is 0 Å². The molecule has 2 heterocycles. The molecule has 1 aliphatic rings. The molecule has 0 saturated carbocycles. The average molecular weight is 433 g/mol. The first-order valence-corrected chi connectivity index (χ1v) is 11.4. The third-order valence-corrected chi connectivity index (χ3v) is 6.45. The summed E-state index contributed by atoms with van der Waals surface area (Å²) in [6.45, 7) is 5.88. The van der Waals surface area contributed by atoms with E-state index in [2.05, 4.69) is 51.4 Å². The van der Waals surface area contributed by atoms with Crippen molar-refractivity contribution in [2.45, 2.75) is 23.0 Å². The third kappa shape index (κ3) is 6.17. The van der Waals surface area contributed by atoms with Gasteiger partial charge < -0.3 is 10.2 Å².